The highest BCUT2D eigenvalue weighted by atomic mass is 19.4. The molecule has 1 heterocycles. The third-order valence-corrected chi connectivity index (χ3v) is 4.49. The molecule has 3 rings (SSSR count). The van der Waals surface area contributed by atoms with Crippen molar-refractivity contribution in [2.75, 3.05) is 12.0 Å². The normalized spacial score (nSPS) is 18.9. The number of anilines is 1. The lowest BCUT2D eigenvalue weighted by Gasteiger charge is -2.25. The lowest BCUT2D eigenvalue weighted by atomic mass is 9.88. The van der Waals surface area contributed by atoms with E-state index in [4.69, 9.17) is 9.47 Å². The lowest BCUT2D eigenvalue weighted by molar-refractivity contribution is -0.137. The van der Waals surface area contributed by atoms with Gasteiger partial charge in [0, 0.05) is 11.1 Å². The number of nitrogens with zero attached hydrogens (tertiary/aromatic N) is 1. The van der Waals surface area contributed by atoms with Gasteiger partial charge in [-0.15, -0.1) is 0 Å². The number of halogens is 4. The second kappa shape index (κ2) is 7.00. The Morgan fingerprint density at radius 2 is 1.67 bits per heavy atom. The molecular formula is C21H19F4NO4. The van der Waals surface area contributed by atoms with E-state index >= 15 is 4.39 Å². The van der Waals surface area contributed by atoms with E-state index in [1.54, 1.807) is 6.07 Å². The van der Waals surface area contributed by atoms with Gasteiger partial charge >= 0.3 is 12.3 Å². The summed E-state index contributed by atoms with van der Waals surface area (Å²) in [7, 11) is 1.26. The van der Waals surface area contributed by atoms with Crippen molar-refractivity contribution in [2.24, 2.45) is 0 Å². The van der Waals surface area contributed by atoms with Crippen molar-refractivity contribution >= 4 is 17.7 Å². The molecule has 0 fully saturated rings. The Hall–Kier alpha value is -3.10. The Bertz CT molecular complexity index is 1010. The largest absolute Gasteiger partial charge is 0.496 e. The number of para-hydroxylation sites is 1. The molecule has 0 aromatic heterocycles. The van der Waals surface area contributed by atoms with Gasteiger partial charge in [-0.3, -0.25) is 4.79 Å². The highest BCUT2D eigenvalue weighted by Gasteiger charge is 2.57. The van der Waals surface area contributed by atoms with Crippen LogP contribution in [0.15, 0.2) is 42.5 Å². The summed E-state index contributed by atoms with van der Waals surface area (Å²) in [4.78, 5) is 26.1. The summed E-state index contributed by atoms with van der Waals surface area (Å²) < 4.78 is 66.4. The first-order chi connectivity index (χ1) is 13.8. The maximum Gasteiger partial charge on any atom is 0.421 e. The van der Waals surface area contributed by atoms with Crippen LogP contribution in [0.1, 0.15) is 37.5 Å². The van der Waals surface area contributed by atoms with E-state index in [0.717, 1.165) is 6.07 Å². The van der Waals surface area contributed by atoms with Crippen LogP contribution in [0.5, 0.6) is 5.75 Å². The Labute approximate surface area is 170 Å². The molecular weight excluding hydrogens is 406 g/mol. The molecule has 0 saturated heterocycles. The van der Waals surface area contributed by atoms with Crippen LogP contribution in [0.3, 0.4) is 0 Å². The van der Waals surface area contributed by atoms with E-state index < -0.39 is 46.3 Å². The SMILES string of the molecule is COc1ccccc1[C@]1(F)C(=O)N(C(=O)OC(C)(C)C)c2cc(C(F)(F)F)ccc21. The minimum Gasteiger partial charge on any atom is -0.496 e. The number of hydrogen-bond donors (Lipinski definition) is 0. The smallest absolute Gasteiger partial charge is 0.421 e. The Morgan fingerprint density at radius 3 is 2.23 bits per heavy atom. The number of imide groups is 1. The molecule has 5 nitrogen and oxygen atoms in total. The van der Waals surface area contributed by atoms with Crippen LogP contribution in [0.25, 0.3) is 0 Å². The molecule has 0 bridgehead atoms. The van der Waals surface area contributed by atoms with Gasteiger partial charge in [-0.1, -0.05) is 24.3 Å². The summed E-state index contributed by atoms with van der Waals surface area (Å²) in [5, 5.41) is 0. The van der Waals surface area contributed by atoms with Crippen molar-refractivity contribution in [2.45, 2.75) is 38.2 Å². The fourth-order valence-corrected chi connectivity index (χ4v) is 3.24. The summed E-state index contributed by atoms with van der Waals surface area (Å²) >= 11 is 0. The van der Waals surface area contributed by atoms with Crippen LogP contribution in [0, 0.1) is 0 Å². The van der Waals surface area contributed by atoms with Gasteiger partial charge in [-0.2, -0.15) is 13.2 Å². The zero-order chi connectivity index (χ0) is 22.5. The average Bonchev–Trinajstić information content (AvgIpc) is 2.87. The van der Waals surface area contributed by atoms with E-state index in [0.29, 0.717) is 17.0 Å². The zero-order valence-corrected chi connectivity index (χ0v) is 16.6. The van der Waals surface area contributed by atoms with Crippen LogP contribution >= 0.6 is 0 Å². The molecule has 1 aliphatic heterocycles. The van der Waals surface area contributed by atoms with Gasteiger partial charge in [0.1, 0.15) is 11.4 Å². The second-order valence-corrected chi connectivity index (χ2v) is 7.71. The van der Waals surface area contributed by atoms with E-state index in [-0.39, 0.29) is 11.3 Å². The third-order valence-electron chi connectivity index (χ3n) is 4.49. The summed E-state index contributed by atoms with van der Waals surface area (Å²) in [6, 6.07) is 7.76. The molecule has 30 heavy (non-hydrogen) atoms. The van der Waals surface area contributed by atoms with E-state index in [2.05, 4.69) is 0 Å². The van der Waals surface area contributed by atoms with Gasteiger partial charge in [0.2, 0.25) is 5.67 Å². The van der Waals surface area contributed by atoms with Crippen molar-refractivity contribution in [3.05, 3.63) is 59.2 Å². The highest BCUT2D eigenvalue weighted by Crippen LogP contribution is 2.51. The number of ether oxygens (including phenoxy) is 2. The minimum atomic E-state index is -4.76. The number of benzene rings is 2. The highest BCUT2D eigenvalue weighted by molar-refractivity contribution is 6.22. The summed E-state index contributed by atoms with van der Waals surface area (Å²) in [5.74, 6) is -1.37. The molecule has 0 N–H and O–H groups in total. The van der Waals surface area contributed by atoms with Crippen molar-refractivity contribution in [3.63, 3.8) is 0 Å². The first kappa shape index (κ1) is 21.6. The number of amides is 2. The Kier molecular flexibility index (Phi) is 5.04. The number of fused-ring (bicyclic) bond motifs is 1. The van der Waals surface area contributed by atoms with E-state index in [1.165, 1.54) is 46.1 Å². The van der Waals surface area contributed by atoms with Crippen molar-refractivity contribution in [1.29, 1.82) is 0 Å². The van der Waals surface area contributed by atoms with Gasteiger partial charge in [0.25, 0.3) is 5.91 Å². The quantitative estimate of drug-likeness (QED) is 0.620. The molecule has 0 unspecified atom stereocenters. The van der Waals surface area contributed by atoms with Crippen molar-refractivity contribution < 1.29 is 36.6 Å². The molecule has 0 saturated carbocycles. The molecule has 0 spiro atoms. The number of carbonyl (C=O) groups is 2. The summed E-state index contributed by atoms with van der Waals surface area (Å²) in [5.41, 5.74) is -6.31. The summed E-state index contributed by atoms with van der Waals surface area (Å²) in [6.07, 6.45) is -6.04. The van der Waals surface area contributed by atoms with Crippen molar-refractivity contribution in [1.82, 2.24) is 0 Å². The van der Waals surface area contributed by atoms with Crippen LogP contribution in [0.2, 0.25) is 0 Å². The molecule has 9 heteroatoms. The second-order valence-electron chi connectivity index (χ2n) is 7.71. The van der Waals surface area contributed by atoms with Crippen LogP contribution in [-0.4, -0.2) is 24.7 Å². The molecule has 160 valence electrons. The first-order valence-corrected chi connectivity index (χ1v) is 8.92. The minimum absolute atomic E-state index is 0.00485. The predicted octanol–water partition coefficient (Wildman–Crippen LogP) is 5.21. The van der Waals surface area contributed by atoms with Gasteiger partial charge in [-0.25, -0.2) is 14.1 Å². The van der Waals surface area contributed by atoms with Gasteiger partial charge < -0.3 is 9.47 Å². The number of carbonyl (C=O) groups excluding carboxylic acids is 2. The Balaban J connectivity index is 2.26. The topological polar surface area (TPSA) is 55.8 Å². The number of hydrogen-bond acceptors (Lipinski definition) is 4. The Morgan fingerprint density at radius 1 is 1.03 bits per heavy atom. The fraction of sp³-hybridized carbons (Fsp3) is 0.333. The number of methoxy groups -OCH3 is 1. The van der Waals surface area contributed by atoms with Crippen molar-refractivity contribution in [3.8, 4) is 5.75 Å². The maximum absolute atomic E-state index is 16.4. The average molecular weight is 425 g/mol. The van der Waals surface area contributed by atoms with Gasteiger partial charge in [-0.05, 0) is 39.0 Å². The van der Waals surface area contributed by atoms with Crippen LogP contribution < -0.4 is 9.64 Å². The monoisotopic (exact) mass is 425 g/mol. The number of alkyl halides is 4. The van der Waals surface area contributed by atoms with E-state index in [9.17, 15) is 22.8 Å². The van der Waals surface area contributed by atoms with Gasteiger partial charge in [0.15, 0.2) is 0 Å². The van der Waals surface area contributed by atoms with Gasteiger partial charge in [0.05, 0.1) is 18.4 Å². The molecule has 2 amide bonds. The summed E-state index contributed by atoms with van der Waals surface area (Å²) in [6.45, 7) is 4.55. The van der Waals surface area contributed by atoms with Crippen LogP contribution in [-0.2, 0) is 21.4 Å². The molecule has 0 aliphatic carbocycles. The third kappa shape index (κ3) is 3.48. The lowest BCUT2D eigenvalue weighted by Crippen LogP contribution is -2.44. The standard InChI is InChI=1S/C21H19F4NO4/c1-19(2,3)30-18(28)26-15-11-12(21(23,24)25)9-10-13(15)20(22,17(26)27)14-7-5-6-8-16(14)29-4/h5-11H,1-4H3/t20-/m0/s1. The molecule has 2 aromatic rings. The predicted molar refractivity (Wildman–Crippen MR) is 100 cm³/mol. The number of rotatable bonds is 2. The zero-order valence-electron chi connectivity index (χ0n) is 16.6. The molecule has 2 aromatic carbocycles. The fourth-order valence-electron chi connectivity index (χ4n) is 3.24. The molecule has 1 aliphatic rings. The molecule has 0 radical (unpaired) electrons. The molecule has 1 atom stereocenters. The van der Waals surface area contributed by atoms with E-state index in [1.807, 2.05) is 0 Å². The maximum atomic E-state index is 16.4. The van der Waals surface area contributed by atoms with Crippen LogP contribution in [0.4, 0.5) is 28.0 Å². The first-order valence-electron chi connectivity index (χ1n) is 8.92.